The fourth-order valence-electron chi connectivity index (χ4n) is 5.00. The van der Waals surface area contributed by atoms with Crippen molar-refractivity contribution in [3.05, 3.63) is 64.7 Å². The van der Waals surface area contributed by atoms with Crippen LogP contribution in [0.4, 0.5) is 23.2 Å². The first-order valence-corrected chi connectivity index (χ1v) is 11.3. The van der Waals surface area contributed by atoms with Crippen LogP contribution in [0.1, 0.15) is 41.6 Å². The van der Waals surface area contributed by atoms with Crippen LogP contribution < -0.4 is 5.32 Å². The minimum atomic E-state index is -4.26. The van der Waals surface area contributed by atoms with Crippen molar-refractivity contribution in [3.63, 3.8) is 0 Å². The van der Waals surface area contributed by atoms with Gasteiger partial charge in [0.25, 0.3) is 0 Å². The summed E-state index contributed by atoms with van der Waals surface area (Å²) in [6.45, 7) is 5.23. The monoisotopic (exact) mass is 449 g/mol. The average molecular weight is 450 g/mol. The number of hydrogen-bond acceptors (Lipinski definition) is 3. The predicted molar refractivity (Wildman–Crippen MR) is 120 cm³/mol. The molecule has 2 aliphatic heterocycles. The number of fused-ring (bicyclic) bond motifs is 1. The lowest BCUT2D eigenvalue weighted by molar-refractivity contribution is -0.155. The molecule has 7 heteroatoms. The van der Waals surface area contributed by atoms with Gasteiger partial charge in [-0.05, 0) is 55.5 Å². The summed E-state index contributed by atoms with van der Waals surface area (Å²) >= 11 is 0. The van der Waals surface area contributed by atoms with Crippen molar-refractivity contribution in [1.82, 2.24) is 9.80 Å². The van der Waals surface area contributed by atoms with E-state index in [0.717, 1.165) is 47.6 Å². The normalized spacial score (nSPS) is 22.4. The summed E-state index contributed by atoms with van der Waals surface area (Å²) in [5, 5.41) is 3.47. The maximum Gasteiger partial charge on any atom is 0.401 e. The average Bonchev–Trinajstić information content (AvgIpc) is 2.70. The van der Waals surface area contributed by atoms with E-state index in [0.29, 0.717) is 18.9 Å². The quantitative estimate of drug-likeness (QED) is 0.575. The number of nitrogens with zero attached hydrogens (tertiary/aromatic N) is 2. The van der Waals surface area contributed by atoms with Crippen molar-refractivity contribution in [1.29, 1.82) is 0 Å². The first-order valence-electron chi connectivity index (χ1n) is 11.3. The van der Waals surface area contributed by atoms with E-state index in [4.69, 9.17) is 0 Å². The molecular weight excluding hydrogens is 418 g/mol. The third-order valence-corrected chi connectivity index (χ3v) is 6.53. The highest BCUT2D eigenvalue weighted by Crippen LogP contribution is 2.40. The number of hydrogen-bond donors (Lipinski definition) is 1. The highest BCUT2D eigenvalue weighted by Gasteiger charge is 2.40. The van der Waals surface area contributed by atoms with Crippen LogP contribution in [-0.4, -0.2) is 60.9 Å². The van der Waals surface area contributed by atoms with Gasteiger partial charge in [-0.1, -0.05) is 35.9 Å². The van der Waals surface area contributed by atoms with Crippen molar-refractivity contribution < 1.29 is 17.6 Å². The van der Waals surface area contributed by atoms with Crippen LogP contribution in [0.15, 0.2) is 42.5 Å². The first-order chi connectivity index (χ1) is 15.2. The van der Waals surface area contributed by atoms with Gasteiger partial charge in [0.15, 0.2) is 0 Å². The van der Waals surface area contributed by atoms with Crippen molar-refractivity contribution in [2.45, 2.75) is 51.0 Å². The topological polar surface area (TPSA) is 18.5 Å². The summed E-state index contributed by atoms with van der Waals surface area (Å²) in [5.74, 6) is 0. The van der Waals surface area contributed by atoms with Gasteiger partial charge in [-0.3, -0.25) is 14.2 Å². The van der Waals surface area contributed by atoms with Gasteiger partial charge in [0.05, 0.1) is 25.3 Å². The maximum absolute atomic E-state index is 13.4. The van der Waals surface area contributed by atoms with E-state index < -0.39 is 18.8 Å². The zero-order valence-electron chi connectivity index (χ0n) is 18.6. The fourth-order valence-corrected chi connectivity index (χ4v) is 5.00. The molecule has 1 N–H and O–H groups in total. The number of alkyl halides is 4. The zero-order chi connectivity index (χ0) is 22.9. The van der Waals surface area contributed by atoms with Gasteiger partial charge in [-0.25, -0.2) is 0 Å². The van der Waals surface area contributed by atoms with E-state index in [1.54, 1.807) is 4.90 Å². The second-order valence-electron chi connectivity index (χ2n) is 9.21. The lowest BCUT2D eigenvalue weighted by Crippen LogP contribution is -2.54. The highest BCUT2D eigenvalue weighted by atomic mass is 19.4. The summed E-state index contributed by atoms with van der Waals surface area (Å²) in [4.78, 5) is 3.79. The molecule has 1 saturated heterocycles. The Morgan fingerprint density at radius 1 is 1.06 bits per heavy atom. The largest absolute Gasteiger partial charge is 0.401 e. The van der Waals surface area contributed by atoms with Crippen LogP contribution >= 0.6 is 0 Å². The molecule has 0 unspecified atom stereocenters. The smallest absolute Gasteiger partial charge is 0.380 e. The summed E-state index contributed by atoms with van der Waals surface area (Å²) in [6.07, 6.45) is -3.07. The molecule has 174 valence electrons. The molecule has 0 saturated carbocycles. The van der Waals surface area contributed by atoms with Gasteiger partial charge in [0.1, 0.15) is 0 Å². The molecular formula is C25H31F4N3. The standard InChI is InChI=1S/C25H31F4N3/c1-17-4-9-23-20(12-17)13-18(2)32(16-25(27,28)29)24(23)19-5-7-21(8-6-19)30-22-14-31(15-22)11-3-10-26/h4-9,12,18,22,24,30H,3,10-11,13-16H2,1-2H3/t18-,24-/m1/s1. The van der Waals surface area contributed by atoms with Crippen LogP contribution in [0.3, 0.4) is 0 Å². The lowest BCUT2D eigenvalue weighted by atomic mass is 9.84. The van der Waals surface area contributed by atoms with Crippen LogP contribution in [0.25, 0.3) is 0 Å². The van der Waals surface area contributed by atoms with Gasteiger partial charge in [0.2, 0.25) is 0 Å². The summed E-state index contributed by atoms with van der Waals surface area (Å²) in [5.41, 5.74) is 5.04. The van der Waals surface area contributed by atoms with E-state index in [2.05, 4.69) is 16.3 Å². The molecule has 2 heterocycles. The van der Waals surface area contributed by atoms with Crippen molar-refractivity contribution >= 4 is 5.69 Å². The van der Waals surface area contributed by atoms with Crippen LogP contribution in [0, 0.1) is 6.92 Å². The molecule has 2 aromatic carbocycles. The molecule has 0 aromatic heterocycles. The Morgan fingerprint density at radius 3 is 2.44 bits per heavy atom. The Bertz CT molecular complexity index is 906. The van der Waals surface area contributed by atoms with E-state index in [-0.39, 0.29) is 12.7 Å². The molecule has 1 fully saturated rings. The van der Waals surface area contributed by atoms with Crippen LogP contribution in [-0.2, 0) is 6.42 Å². The molecule has 4 rings (SSSR count). The van der Waals surface area contributed by atoms with Crippen molar-refractivity contribution in [2.24, 2.45) is 0 Å². The fraction of sp³-hybridized carbons (Fsp3) is 0.520. The Hall–Kier alpha value is -2.12. The lowest BCUT2D eigenvalue weighted by Gasteiger charge is -2.43. The first kappa shape index (κ1) is 23.1. The number of nitrogens with one attached hydrogen (secondary N) is 1. The molecule has 2 aromatic rings. The number of rotatable bonds is 7. The number of aryl methyl sites for hydroxylation is 1. The number of likely N-dealkylation sites (tertiary alicyclic amines) is 1. The maximum atomic E-state index is 13.4. The number of benzene rings is 2. The second kappa shape index (κ2) is 9.40. The Labute approximate surface area is 187 Å². The second-order valence-corrected chi connectivity index (χ2v) is 9.21. The molecule has 0 aliphatic carbocycles. The molecule has 2 atom stereocenters. The highest BCUT2D eigenvalue weighted by molar-refractivity contribution is 5.49. The van der Waals surface area contributed by atoms with Gasteiger partial charge in [0, 0.05) is 31.4 Å². The van der Waals surface area contributed by atoms with Crippen molar-refractivity contribution in [3.8, 4) is 0 Å². The SMILES string of the molecule is Cc1ccc2c(c1)C[C@@H](C)N(CC(F)(F)F)[C@@H]2c1ccc(NC2CN(CCCF)C2)cc1. The number of anilines is 1. The van der Waals surface area contributed by atoms with E-state index in [1.807, 2.05) is 50.2 Å². The Morgan fingerprint density at radius 2 is 1.78 bits per heavy atom. The van der Waals surface area contributed by atoms with Gasteiger partial charge in [-0.2, -0.15) is 13.2 Å². The molecule has 3 nitrogen and oxygen atoms in total. The van der Waals surface area contributed by atoms with Crippen molar-refractivity contribution in [2.75, 3.05) is 38.2 Å². The molecule has 0 amide bonds. The minimum Gasteiger partial charge on any atom is -0.380 e. The third-order valence-electron chi connectivity index (χ3n) is 6.53. The van der Waals surface area contributed by atoms with E-state index in [1.165, 1.54) is 0 Å². The molecule has 0 spiro atoms. The zero-order valence-corrected chi connectivity index (χ0v) is 18.6. The van der Waals surface area contributed by atoms with Crippen LogP contribution in [0.5, 0.6) is 0 Å². The van der Waals surface area contributed by atoms with Gasteiger partial charge < -0.3 is 5.32 Å². The molecule has 32 heavy (non-hydrogen) atoms. The molecule has 2 aliphatic rings. The van der Waals surface area contributed by atoms with Crippen LogP contribution in [0.2, 0.25) is 0 Å². The molecule has 0 radical (unpaired) electrons. The number of halogens is 4. The summed E-state index contributed by atoms with van der Waals surface area (Å²) < 4.78 is 52.6. The molecule has 0 bridgehead atoms. The van der Waals surface area contributed by atoms with Gasteiger partial charge in [-0.15, -0.1) is 0 Å². The Balaban J connectivity index is 1.53. The van der Waals surface area contributed by atoms with E-state index in [9.17, 15) is 17.6 Å². The van der Waals surface area contributed by atoms with Gasteiger partial charge >= 0.3 is 6.18 Å². The Kier molecular flexibility index (Phi) is 6.77. The third kappa shape index (κ3) is 5.26. The predicted octanol–water partition coefficient (Wildman–Crippen LogP) is 5.35. The van der Waals surface area contributed by atoms with E-state index >= 15 is 0 Å². The summed E-state index contributed by atoms with van der Waals surface area (Å²) in [7, 11) is 0. The minimum absolute atomic E-state index is 0.209. The summed E-state index contributed by atoms with van der Waals surface area (Å²) in [6, 6.07) is 13.5.